The summed E-state index contributed by atoms with van der Waals surface area (Å²) < 4.78 is 19.4. The van der Waals surface area contributed by atoms with E-state index in [-0.39, 0.29) is 11.6 Å². The van der Waals surface area contributed by atoms with E-state index in [0.717, 1.165) is 57.8 Å². The van der Waals surface area contributed by atoms with E-state index in [0.29, 0.717) is 40.7 Å². The second-order valence-corrected chi connectivity index (χ2v) is 9.71. The maximum atomic E-state index is 14.1. The average Bonchev–Trinajstić information content (AvgIpc) is 3.41. The van der Waals surface area contributed by atoms with Crippen molar-refractivity contribution in [2.45, 2.75) is 44.8 Å². The van der Waals surface area contributed by atoms with Crippen LogP contribution in [0.1, 0.15) is 31.7 Å². The summed E-state index contributed by atoms with van der Waals surface area (Å²) in [5.41, 5.74) is 1.34. The number of hydrogen-bond donors (Lipinski definition) is 1. The van der Waals surface area contributed by atoms with Crippen molar-refractivity contribution in [3.05, 3.63) is 53.3 Å². The minimum Gasteiger partial charge on any atom is -0.508 e. The first-order chi connectivity index (χ1) is 17.0. The number of piperazine rings is 1. The molecule has 8 nitrogen and oxygen atoms in total. The van der Waals surface area contributed by atoms with Gasteiger partial charge in [-0.2, -0.15) is 0 Å². The summed E-state index contributed by atoms with van der Waals surface area (Å²) in [7, 11) is 0. The molecule has 1 aromatic carbocycles. The van der Waals surface area contributed by atoms with Crippen LogP contribution in [0.25, 0.3) is 11.5 Å². The lowest BCUT2D eigenvalue weighted by Gasteiger charge is -2.47. The van der Waals surface area contributed by atoms with Crippen LogP contribution in [0.5, 0.6) is 5.75 Å². The first-order valence-electron chi connectivity index (χ1n) is 12.1. The predicted octanol–water partition coefficient (Wildman–Crippen LogP) is 4.19. The summed E-state index contributed by atoms with van der Waals surface area (Å²) >= 11 is 6.60. The van der Waals surface area contributed by atoms with Crippen LogP contribution in [0.15, 0.2) is 41.3 Å². The maximum Gasteiger partial charge on any atom is 0.249 e. The van der Waals surface area contributed by atoms with E-state index in [1.807, 2.05) is 6.07 Å². The fraction of sp³-hybridized carbons (Fsp3) is 0.480. The van der Waals surface area contributed by atoms with Gasteiger partial charge in [0.2, 0.25) is 12.3 Å². The van der Waals surface area contributed by atoms with Crippen LogP contribution in [0.3, 0.4) is 0 Å². The highest BCUT2D eigenvalue weighted by Crippen LogP contribution is 2.31. The molecule has 1 N–H and O–H groups in total. The fourth-order valence-electron chi connectivity index (χ4n) is 5.30. The Morgan fingerprint density at radius 2 is 2.00 bits per heavy atom. The van der Waals surface area contributed by atoms with E-state index in [2.05, 4.69) is 36.8 Å². The van der Waals surface area contributed by atoms with Crippen molar-refractivity contribution in [1.82, 2.24) is 25.0 Å². The third-order valence-corrected chi connectivity index (χ3v) is 7.46. The van der Waals surface area contributed by atoms with Gasteiger partial charge in [0.05, 0.1) is 10.6 Å². The highest BCUT2D eigenvalue weighted by molar-refractivity contribution is 6.33. The number of piperidine rings is 1. The Kier molecular flexibility index (Phi) is 7.17. The lowest BCUT2D eigenvalue weighted by molar-refractivity contribution is 0.0607. The zero-order chi connectivity index (χ0) is 24.4. The van der Waals surface area contributed by atoms with Crippen molar-refractivity contribution < 1.29 is 13.9 Å². The van der Waals surface area contributed by atoms with Crippen LogP contribution in [0, 0.1) is 5.82 Å². The summed E-state index contributed by atoms with van der Waals surface area (Å²) in [6.45, 7) is 7.38. The largest absolute Gasteiger partial charge is 0.508 e. The summed E-state index contributed by atoms with van der Waals surface area (Å²) in [4.78, 5) is 11.8. The Bertz CT molecular complexity index is 1140. The molecule has 2 fully saturated rings. The molecular formula is C25H30ClFN6O2. The third-order valence-electron chi connectivity index (χ3n) is 7.18. The smallest absolute Gasteiger partial charge is 0.249 e. The van der Waals surface area contributed by atoms with Crippen LogP contribution < -0.4 is 4.90 Å². The molecule has 0 saturated carbocycles. The molecule has 4 heterocycles. The number of aromatic hydroxyl groups is 1. The van der Waals surface area contributed by atoms with E-state index in [1.165, 1.54) is 12.5 Å². The second-order valence-electron chi connectivity index (χ2n) is 9.30. The predicted molar refractivity (Wildman–Crippen MR) is 132 cm³/mol. The molecule has 0 bridgehead atoms. The van der Waals surface area contributed by atoms with Gasteiger partial charge < -0.3 is 14.4 Å². The zero-order valence-corrected chi connectivity index (χ0v) is 20.5. The first-order valence-corrected chi connectivity index (χ1v) is 12.5. The highest BCUT2D eigenvalue weighted by atomic mass is 35.5. The van der Waals surface area contributed by atoms with Gasteiger partial charge in [0.25, 0.3) is 0 Å². The molecule has 1 unspecified atom stereocenters. The fourth-order valence-corrected chi connectivity index (χ4v) is 5.59. The number of aromatic nitrogens is 3. The maximum absolute atomic E-state index is 14.1. The lowest BCUT2D eigenvalue weighted by Crippen LogP contribution is -2.58. The zero-order valence-electron chi connectivity index (χ0n) is 19.8. The van der Waals surface area contributed by atoms with E-state index in [1.54, 1.807) is 18.3 Å². The van der Waals surface area contributed by atoms with Crippen molar-refractivity contribution in [3.8, 4) is 17.2 Å². The summed E-state index contributed by atoms with van der Waals surface area (Å²) in [6, 6.07) is 7.19. The monoisotopic (exact) mass is 500 g/mol. The number of benzene rings is 1. The molecule has 10 heteroatoms. The molecule has 0 amide bonds. The Balaban J connectivity index is 1.19. The Morgan fingerprint density at radius 1 is 1.17 bits per heavy atom. The molecule has 2 saturated heterocycles. The minimum atomic E-state index is -0.341. The molecule has 186 valence electrons. The van der Waals surface area contributed by atoms with Gasteiger partial charge in [-0.25, -0.2) is 9.37 Å². The Labute approximate surface area is 209 Å². The van der Waals surface area contributed by atoms with Gasteiger partial charge in [-0.3, -0.25) is 9.80 Å². The van der Waals surface area contributed by atoms with Crippen molar-refractivity contribution in [2.24, 2.45) is 0 Å². The van der Waals surface area contributed by atoms with E-state index in [4.69, 9.17) is 16.0 Å². The first kappa shape index (κ1) is 24.0. The average molecular weight is 501 g/mol. The summed E-state index contributed by atoms with van der Waals surface area (Å²) in [5, 5.41) is 17.7. The van der Waals surface area contributed by atoms with Crippen LogP contribution in [0.4, 0.5) is 10.2 Å². The minimum absolute atomic E-state index is 0.0334. The van der Waals surface area contributed by atoms with Gasteiger partial charge in [0.15, 0.2) is 0 Å². The molecule has 1 atom stereocenters. The molecule has 2 aliphatic rings. The van der Waals surface area contributed by atoms with Crippen molar-refractivity contribution in [3.63, 3.8) is 0 Å². The standard InChI is InChI=1S/C25H30ClFN6O2/c1-2-19-15-32(24-22(26)11-18(13-28-24)25-30-29-16-35-25)9-10-33(19)20-5-7-31(8-6-20)14-17-3-4-21(34)12-23(17)27/h3-4,11-13,16,19-20,34H,2,5-10,14-15H2,1H3. The molecule has 35 heavy (non-hydrogen) atoms. The number of halogens is 2. The molecular weight excluding hydrogens is 471 g/mol. The number of likely N-dealkylation sites (tertiary alicyclic amines) is 1. The summed E-state index contributed by atoms with van der Waals surface area (Å²) in [6.07, 6.45) is 6.20. The van der Waals surface area contributed by atoms with Gasteiger partial charge in [-0.15, -0.1) is 10.2 Å². The van der Waals surface area contributed by atoms with Gasteiger partial charge in [0.1, 0.15) is 17.4 Å². The highest BCUT2D eigenvalue weighted by Gasteiger charge is 2.34. The lowest BCUT2D eigenvalue weighted by atomic mass is 9.97. The van der Waals surface area contributed by atoms with Gasteiger partial charge in [-0.1, -0.05) is 24.6 Å². The van der Waals surface area contributed by atoms with E-state index in [9.17, 15) is 9.50 Å². The van der Waals surface area contributed by atoms with Gasteiger partial charge in [-0.05, 0) is 44.5 Å². The second kappa shape index (κ2) is 10.5. The van der Waals surface area contributed by atoms with Crippen LogP contribution >= 0.6 is 11.6 Å². The third kappa shape index (κ3) is 5.27. The van der Waals surface area contributed by atoms with Crippen molar-refractivity contribution in [2.75, 3.05) is 37.6 Å². The molecule has 3 aromatic rings. The number of pyridine rings is 1. The van der Waals surface area contributed by atoms with Gasteiger partial charge in [0, 0.05) is 56.1 Å². The number of anilines is 1. The molecule has 5 rings (SSSR count). The van der Waals surface area contributed by atoms with Gasteiger partial charge >= 0.3 is 0 Å². The molecule has 0 spiro atoms. The van der Waals surface area contributed by atoms with Crippen molar-refractivity contribution in [1.29, 1.82) is 0 Å². The number of hydrogen-bond acceptors (Lipinski definition) is 8. The molecule has 2 aliphatic heterocycles. The van der Waals surface area contributed by atoms with E-state index >= 15 is 0 Å². The number of nitrogens with zero attached hydrogens (tertiary/aromatic N) is 6. The Morgan fingerprint density at radius 3 is 2.69 bits per heavy atom. The summed E-state index contributed by atoms with van der Waals surface area (Å²) in [5.74, 6) is 0.820. The molecule has 0 radical (unpaired) electrons. The van der Waals surface area contributed by atoms with Crippen LogP contribution in [-0.4, -0.2) is 74.9 Å². The van der Waals surface area contributed by atoms with Crippen LogP contribution in [0.2, 0.25) is 5.02 Å². The van der Waals surface area contributed by atoms with Crippen molar-refractivity contribution >= 4 is 17.4 Å². The SMILES string of the molecule is CCC1CN(c2ncc(-c3nnco3)cc2Cl)CCN1C1CCN(Cc2ccc(O)cc2F)CC1. The molecule has 2 aromatic heterocycles. The Hall–Kier alpha value is -2.75. The topological polar surface area (TPSA) is 81.8 Å². The normalized spacial score (nSPS) is 20.4. The number of phenolic OH excluding ortho intramolecular Hbond substituents is 1. The number of rotatable bonds is 6. The number of phenols is 1. The molecule has 0 aliphatic carbocycles. The van der Waals surface area contributed by atoms with E-state index < -0.39 is 0 Å². The van der Waals surface area contributed by atoms with Crippen LogP contribution in [-0.2, 0) is 6.54 Å². The quantitative estimate of drug-likeness (QED) is 0.539.